The van der Waals surface area contributed by atoms with E-state index in [0.29, 0.717) is 27.1 Å². The molecule has 0 fully saturated rings. The Morgan fingerprint density at radius 3 is 2.61 bits per heavy atom. The van der Waals surface area contributed by atoms with E-state index in [9.17, 15) is 4.39 Å². The molecular formula is C22H18Cl2FNO2. The second-order valence-electron chi connectivity index (χ2n) is 6.10. The summed E-state index contributed by atoms with van der Waals surface area (Å²) in [4.78, 5) is 4.47. The smallest absolute Gasteiger partial charge is 0.180 e. The van der Waals surface area contributed by atoms with Crippen molar-refractivity contribution in [1.29, 1.82) is 0 Å². The Bertz CT molecular complexity index is 1020. The summed E-state index contributed by atoms with van der Waals surface area (Å²) in [5.41, 5.74) is 2.94. The van der Waals surface area contributed by atoms with Gasteiger partial charge in [-0.15, -0.1) is 0 Å². The van der Waals surface area contributed by atoms with Crippen molar-refractivity contribution in [1.82, 2.24) is 0 Å². The first-order chi connectivity index (χ1) is 13.5. The molecular weight excluding hydrogens is 400 g/mol. The van der Waals surface area contributed by atoms with Crippen molar-refractivity contribution < 1.29 is 13.9 Å². The number of aryl methyl sites for hydroxylation is 1. The molecule has 0 saturated heterocycles. The van der Waals surface area contributed by atoms with Gasteiger partial charge in [0.25, 0.3) is 0 Å². The van der Waals surface area contributed by atoms with E-state index in [0.717, 1.165) is 16.8 Å². The van der Waals surface area contributed by atoms with Crippen molar-refractivity contribution in [3.63, 3.8) is 0 Å². The molecule has 0 aliphatic carbocycles. The van der Waals surface area contributed by atoms with Gasteiger partial charge in [-0.3, -0.25) is 4.99 Å². The van der Waals surface area contributed by atoms with Crippen LogP contribution in [0.1, 0.15) is 16.7 Å². The molecule has 3 aromatic carbocycles. The SMILES string of the molecule is COc1cc(C=Nc2cc(Cl)ccc2C)cc(Cl)c1OCc1ccccc1F. The predicted octanol–water partition coefficient (Wildman–Crippen LogP) is 6.78. The summed E-state index contributed by atoms with van der Waals surface area (Å²) in [5.74, 6) is 0.454. The van der Waals surface area contributed by atoms with Crippen LogP contribution in [0.5, 0.6) is 11.5 Å². The normalized spacial score (nSPS) is 11.0. The van der Waals surface area contributed by atoms with Gasteiger partial charge in [0.15, 0.2) is 11.5 Å². The Labute approximate surface area is 173 Å². The van der Waals surface area contributed by atoms with Gasteiger partial charge in [-0.05, 0) is 48.4 Å². The monoisotopic (exact) mass is 417 g/mol. The summed E-state index contributed by atoms with van der Waals surface area (Å²) in [6.07, 6.45) is 1.67. The highest BCUT2D eigenvalue weighted by Crippen LogP contribution is 2.37. The van der Waals surface area contributed by atoms with E-state index in [1.807, 2.05) is 19.1 Å². The topological polar surface area (TPSA) is 30.8 Å². The van der Waals surface area contributed by atoms with Crippen LogP contribution in [0.3, 0.4) is 0 Å². The van der Waals surface area contributed by atoms with Gasteiger partial charge < -0.3 is 9.47 Å². The minimum atomic E-state index is -0.335. The summed E-state index contributed by atoms with van der Waals surface area (Å²) in [7, 11) is 1.52. The highest BCUT2D eigenvalue weighted by molar-refractivity contribution is 6.32. The number of hydrogen-bond donors (Lipinski definition) is 0. The lowest BCUT2D eigenvalue weighted by Gasteiger charge is -2.13. The minimum Gasteiger partial charge on any atom is -0.493 e. The molecule has 0 atom stereocenters. The predicted molar refractivity (Wildman–Crippen MR) is 112 cm³/mol. The van der Waals surface area contributed by atoms with Crippen LogP contribution < -0.4 is 9.47 Å². The fraction of sp³-hybridized carbons (Fsp3) is 0.136. The van der Waals surface area contributed by atoms with Gasteiger partial charge >= 0.3 is 0 Å². The largest absolute Gasteiger partial charge is 0.493 e. The van der Waals surface area contributed by atoms with Crippen molar-refractivity contribution in [3.8, 4) is 11.5 Å². The molecule has 0 N–H and O–H groups in total. The Morgan fingerprint density at radius 2 is 1.86 bits per heavy atom. The molecule has 144 valence electrons. The molecule has 0 aliphatic rings. The van der Waals surface area contributed by atoms with Gasteiger partial charge in [0.05, 0.1) is 17.8 Å². The molecule has 0 radical (unpaired) electrons. The molecule has 0 aliphatic heterocycles. The van der Waals surface area contributed by atoms with Gasteiger partial charge in [-0.25, -0.2) is 4.39 Å². The lowest BCUT2D eigenvalue weighted by molar-refractivity contribution is 0.280. The van der Waals surface area contributed by atoms with Gasteiger partial charge in [-0.1, -0.05) is 47.5 Å². The molecule has 28 heavy (non-hydrogen) atoms. The maximum atomic E-state index is 13.8. The quantitative estimate of drug-likeness (QED) is 0.413. The Kier molecular flexibility index (Phi) is 6.55. The maximum Gasteiger partial charge on any atom is 0.180 e. The fourth-order valence-corrected chi connectivity index (χ4v) is 3.03. The third kappa shape index (κ3) is 4.83. The first kappa shape index (κ1) is 20.2. The average molecular weight is 418 g/mol. The number of halogens is 3. The van der Waals surface area contributed by atoms with Gasteiger partial charge in [0.1, 0.15) is 12.4 Å². The van der Waals surface area contributed by atoms with Crippen molar-refractivity contribution in [2.45, 2.75) is 13.5 Å². The van der Waals surface area contributed by atoms with Crippen LogP contribution in [-0.4, -0.2) is 13.3 Å². The zero-order valence-corrected chi connectivity index (χ0v) is 16.9. The van der Waals surface area contributed by atoms with E-state index in [4.69, 9.17) is 32.7 Å². The van der Waals surface area contributed by atoms with Gasteiger partial charge in [0.2, 0.25) is 0 Å². The minimum absolute atomic E-state index is 0.0396. The van der Waals surface area contributed by atoms with Crippen LogP contribution in [0.4, 0.5) is 10.1 Å². The molecule has 0 heterocycles. The summed E-state index contributed by atoms with van der Waals surface area (Å²) < 4.78 is 24.9. The third-order valence-electron chi connectivity index (χ3n) is 4.11. The van der Waals surface area contributed by atoms with E-state index >= 15 is 0 Å². The second kappa shape index (κ2) is 9.09. The molecule has 0 saturated carbocycles. The van der Waals surface area contributed by atoms with E-state index in [2.05, 4.69) is 4.99 Å². The summed E-state index contributed by atoms with van der Waals surface area (Å²) in [5, 5.41) is 0.963. The van der Waals surface area contributed by atoms with E-state index in [1.165, 1.54) is 13.2 Å². The van der Waals surface area contributed by atoms with E-state index < -0.39 is 0 Å². The van der Waals surface area contributed by atoms with Crippen molar-refractivity contribution in [2.24, 2.45) is 4.99 Å². The second-order valence-corrected chi connectivity index (χ2v) is 6.95. The zero-order chi connectivity index (χ0) is 20.1. The standard InChI is InChI=1S/C22H18Cl2FNO2/c1-14-7-8-17(23)11-20(14)26-12-15-9-18(24)22(21(10-15)27-2)28-13-16-5-3-4-6-19(16)25/h3-12H,13H2,1-2H3. The lowest BCUT2D eigenvalue weighted by atomic mass is 10.2. The molecule has 0 bridgehead atoms. The summed E-state index contributed by atoms with van der Waals surface area (Å²) >= 11 is 12.4. The van der Waals surface area contributed by atoms with E-state index in [-0.39, 0.29) is 12.4 Å². The van der Waals surface area contributed by atoms with Crippen molar-refractivity contribution in [2.75, 3.05) is 7.11 Å². The molecule has 3 aromatic rings. The highest BCUT2D eigenvalue weighted by Gasteiger charge is 2.13. The molecule has 3 rings (SSSR count). The first-order valence-electron chi connectivity index (χ1n) is 8.52. The van der Waals surface area contributed by atoms with Crippen molar-refractivity contribution >= 4 is 35.1 Å². The number of nitrogens with zero attached hydrogens (tertiary/aromatic N) is 1. The molecule has 0 amide bonds. The van der Waals surface area contributed by atoms with Crippen LogP contribution in [-0.2, 0) is 6.61 Å². The molecule has 3 nitrogen and oxygen atoms in total. The Morgan fingerprint density at radius 1 is 1.07 bits per heavy atom. The number of ether oxygens (including phenoxy) is 2. The summed E-state index contributed by atoms with van der Waals surface area (Å²) in [6.45, 7) is 1.99. The molecule has 6 heteroatoms. The number of methoxy groups -OCH3 is 1. The highest BCUT2D eigenvalue weighted by atomic mass is 35.5. The fourth-order valence-electron chi connectivity index (χ4n) is 2.59. The van der Waals surface area contributed by atoms with Crippen molar-refractivity contribution in [3.05, 3.63) is 87.2 Å². The van der Waals surface area contributed by atoms with E-state index in [1.54, 1.807) is 42.6 Å². The lowest BCUT2D eigenvalue weighted by Crippen LogP contribution is -2.01. The summed E-state index contributed by atoms with van der Waals surface area (Å²) in [6, 6.07) is 15.4. The molecule has 0 aromatic heterocycles. The Balaban J connectivity index is 1.84. The van der Waals surface area contributed by atoms with Crippen LogP contribution in [0.2, 0.25) is 10.0 Å². The first-order valence-corrected chi connectivity index (χ1v) is 9.27. The molecule has 0 spiro atoms. The van der Waals surface area contributed by atoms with Gasteiger partial charge in [0, 0.05) is 16.8 Å². The molecule has 0 unspecified atom stereocenters. The number of benzene rings is 3. The van der Waals surface area contributed by atoms with Gasteiger partial charge in [-0.2, -0.15) is 0 Å². The average Bonchev–Trinajstić information content (AvgIpc) is 2.68. The number of rotatable bonds is 6. The van der Waals surface area contributed by atoms with Crippen LogP contribution >= 0.6 is 23.2 Å². The zero-order valence-electron chi connectivity index (χ0n) is 15.4. The van der Waals surface area contributed by atoms with Crippen LogP contribution in [0.25, 0.3) is 0 Å². The third-order valence-corrected chi connectivity index (χ3v) is 4.62. The number of hydrogen-bond acceptors (Lipinski definition) is 3. The van der Waals surface area contributed by atoms with Crippen LogP contribution in [0, 0.1) is 12.7 Å². The maximum absolute atomic E-state index is 13.8. The van der Waals surface area contributed by atoms with Crippen LogP contribution in [0.15, 0.2) is 59.6 Å². The Hall–Kier alpha value is -2.56. The number of aliphatic imine (C=N–C) groups is 1.